The summed E-state index contributed by atoms with van der Waals surface area (Å²) < 4.78 is 23.0. The van der Waals surface area contributed by atoms with Gasteiger partial charge < -0.3 is 29.0 Å². The van der Waals surface area contributed by atoms with Gasteiger partial charge in [-0.15, -0.1) is 0 Å². The van der Waals surface area contributed by atoms with Gasteiger partial charge in [-0.1, -0.05) is 25.8 Å². The lowest BCUT2D eigenvalue weighted by molar-refractivity contribution is -0.140. The van der Waals surface area contributed by atoms with Crippen LogP contribution in [0.3, 0.4) is 0 Å². The van der Waals surface area contributed by atoms with E-state index >= 15 is 0 Å². The summed E-state index contributed by atoms with van der Waals surface area (Å²) in [5.41, 5.74) is 2.00. The van der Waals surface area contributed by atoms with Crippen molar-refractivity contribution >= 4 is 17.4 Å². The summed E-state index contributed by atoms with van der Waals surface area (Å²) in [6.45, 7) is 12.7. The lowest BCUT2D eigenvalue weighted by atomic mass is 9.94. The van der Waals surface area contributed by atoms with Crippen molar-refractivity contribution in [1.29, 1.82) is 0 Å². The molecule has 1 amide bonds. The summed E-state index contributed by atoms with van der Waals surface area (Å²) in [7, 11) is 1.57. The molecular weight excluding hydrogens is 548 g/mol. The molecule has 43 heavy (non-hydrogen) atoms. The van der Waals surface area contributed by atoms with E-state index in [2.05, 4.69) is 11.8 Å². The first kappa shape index (κ1) is 32.4. The Hall–Kier alpha value is -3.56. The number of ether oxygens (including phenoxy) is 4. The first-order valence-corrected chi connectivity index (χ1v) is 15.4. The molecule has 4 rings (SSSR count). The van der Waals surface area contributed by atoms with Gasteiger partial charge in [0.05, 0.1) is 44.6 Å². The minimum absolute atomic E-state index is 0.00508. The van der Waals surface area contributed by atoms with Gasteiger partial charge in [0.25, 0.3) is 11.7 Å². The van der Waals surface area contributed by atoms with Crippen LogP contribution in [0.2, 0.25) is 0 Å². The molecule has 0 aliphatic carbocycles. The third kappa shape index (κ3) is 7.89. The quantitative estimate of drug-likeness (QED) is 0.133. The van der Waals surface area contributed by atoms with Gasteiger partial charge in [-0.3, -0.25) is 14.5 Å². The molecule has 2 heterocycles. The lowest BCUT2D eigenvalue weighted by Crippen LogP contribution is -2.39. The average molecular weight is 595 g/mol. The van der Waals surface area contributed by atoms with Crippen LogP contribution >= 0.6 is 0 Å². The number of hydrogen-bond donors (Lipinski definition) is 1. The minimum Gasteiger partial charge on any atom is -0.507 e. The van der Waals surface area contributed by atoms with Crippen LogP contribution < -0.4 is 14.2 Å². The maximum atomic E-state index is 13.6. The topological polar surface area (TPSA) is 97.8 Å². The van der Waals surface area contributed by atoms with Crippen LogP contribution in [0.25, 0.3) is 5.76 Å². The van der Waals surface area contributed by atoms with Crippen molar-refractivity contribution in [2.24, 2.45) is 0 Å². The molecule has 2 aromatic rings. The van der Waals surface area contributed by atoms with Crippen LogP contribution in [0.4, 0.5) is 0 Å². The summed E-state index contributed by atoms with van der Waals surface area (Å²) in [4.78, 5) is 31.0. The first-order valence-electron chi connectivity index (χ1n) is 15.4. The van der Waals surface area contributed by atoms with E-state index in [0.717, 1.165) is 44.5 Å². The number of carbonyl (C=O) groups is 2. The fourth-order valence-electron chi connectivity index (χ4n) is 5.59. The highest BCUT2D eigenvalue weighted by Crippen LogP contribution is 2.42. The van der Waals surface area contributed by atoms with E-state index in [4.69, 9.17) is 18.9 Å². The third-order valence-electron chi connectivity index (χ3n) is 7.84. The molecule has 9 heteroatoms. The average Bonchev–Trinajstić information content (AvgIpc) is 3.25. The van der Waals surface area contributed by atoms with E-state index in [9.17, 15) is 14.7 Å². The van der Waals surface area contributed by atoms with Crippen LogP contribution in [0.5, 0.6) is 17.2 Å². The maximum Gasteiger partial charge on any atom is 0.295 e. The molecule has 2 aliphatic heterocycles. The summed E-state index contributed by atoms with van der Waals surface area (Å²) in [6.07, 6.45) is 3.78. The number of nitrogens with zero attached hydrogens (tertiary/aromatic N) is 2. The number of Topliss-reactive ketones (excluding diaryl/α,β-unsaturated/α-hetero) is 1. The standard InChI is InChI=1S/C34H46N2O7/c1-6-7-8-18-42-28-13-10-25(22-29(28)40-5)31-30(32(37)26-11-12-27(24(4)21-26)43-23(2)3)33(38)34(39)36(31)15-9-14-35-16-19-41-20-17-35/h10-13,21-23,31,37H,6-9,14-20H2,1-5H3. The van der Waals surface area contributed by atoms with Gasteiger partial charge in [0.2, 0.25) is 0 Å². The molecule has 1 unspecified atom stereocenters. The van der Waals surface area contributed by atoms with Crippen LogP contribution in [0, 0.1) is 6.92 Å². The zero-order valence-electron chi connectivity index (χ0n) is 26.2. The highest BCUT2D eigenvalue weighted by Gasteiger charge is 2.46. The van der Waals surface area contributed by atoms with E-state index in [-0.39, 0.29) is 17.4 Å². The molecular formula is C34H46N2O7. The number of ketones is 1. The van der Waals surface area contributed by atoms with Gasteiger partial charge in [0.15, 0.2) is 11.5 Å². The molecule has 1 N–H and O–H groups in total. The lowest BCUT2D eigenvalue weighted by Gasteiger charge is -2.29. The Morgan fingerprint density at radius 3 is 2.42 bits per heavy atom. The Morgan fingerprint density at radius 1 is 1.00 bits per heavy atom. The van der Waals surface area contributed by atoms with Crippen LogP contribution in [-0.4, -0.2) is 85.8 Å². The smallest absolute Gasteiger partial charge is 0.295 e. The van der Waals surface area contributed by atoms with E-state index in [1.54, 1.807) is 36.3 Å². The number of morpholine rings is 1. The number of amides is 1. The number of methoxy groups -OCH3 is 1. The number of unbranched alkanes of at least 4 members (excludes halogenated alkanes) is 2. The molecule has 0 saturated carbocycles. The number of hydrogen-bond acceptors (Lipinski definition) is 8. The molecule has 0 radical (unpaired) electrons. The van der Waals surface area contributed by atoms with E-state index in [1.165, 1.54) is 0 Å². The van der Waals surface area contributed by atoms with Gasteiger partial charge in [-0.2, -0.15) is 0 Å². The zero-order valence-corrected chi connectivity index (χ0v) is 26.2. The molecule has 2 aliphatic rings. The molecule has 234 valence electrons. The predicted octanol–water partition coefficient (Wildman–Crippen LogP) is 5.50. The van der Waals surface area contributed by atoms with Gasteiger partial charge in [-0.25, -0.2) is 0 Å². The third-order valence-corrected chi connectivity index (χ3v) is 7.84. The Kier molecular flexibility index (Phi) is 11.5. The Morgan fingerprint density at radius 2 is 1.74 bits per heavy atom. The number of carbonyl (C=O) groups excluding carboxylic acids is 2. The number of aliphatic hydroxyl groups is 1. The summed E-state index contributed by atoms with van der Waals surface area (Å²) in [5.74, 6) is 0.279. The second kappa shape index (κ2) is 15.3. The number of aryl methyl sites for hydroxylation is 1. The fraction of sp³-hybridized carbons (Fsp3) is 0.529. The number of aliphatic hydroxyl groups excluding tert-OH is 1. The van der Waals surface area contributed by atoms with Crippen LogP contribution in [0.1, 0.15) is 69.2 Å². The second-order valence-corrected chi connectivity index (χ2v) is 11.4. The van der Waals surface area contributed by atoms with E-state index in [0.29, 0.717) is 61.2 Å². The predicted molar refractivity (Wildman–Crippen MR) is 166 cm³/mol. The molecule has 1 atom stereocenters. The number of rotatable bonds is 14. The van der Waals surface area contributed by atoms with Gasteiger partial charge in [-0.05, 0) is 75.1 Å². The van der Waals surface area contributed by atoms with Crippen molar-refractivity contribution in [3.8, 4) is 17.2 Å². The number of benzene rings is 2. The molecule has 0 aromatic heterocycles. The van der Waals surface area contributed by atoms with Crippen molar-refractivity contribution in [2.45, 2.75) is 65.5 Å². The van der Waals surface area contributed by atoms with Crippen molar-refractivity contribution in [1.82, 2.24) is 9.80 Å². The van der Waals surface area contributed by atoms with E-state index < -0.39 is 17.7 Å². The van der Waals surface area contributed by atoms with Crippen molar-refractivity contribution < 1.29 is 33.6 Å². The molecule has 9 nitrogen and oxygen atoms in total. The normalized spacial score (nSPS) is 18.8. The maximum absolute atomic E-state index is 13.6. The van der Waals surface area contributed by atoms with Gasteiger partial charge in [0, 0.05) is 31.7 Å². The largest absolute Gasteiger partial charge is 0.507 e. The Bertz CT molecular complexity index is 1300. The second-order valence-electron chi connectivity index (χ2n) is 11.4. The van der Waals surface area contributed by atoms with Gasteiger partial charge >= 0.3 is 0 Å². The molecule has 2 saturated heterocycles. The van der Waals surface area contributed by atoms with Crippen LogP contribution in [0.15, 0.2) is 42.0 Å². The van der Waals surface area contributed by atoms with E-state index in [1.807, 2.05) is 32.9 Å². The molecule has 2 aromatic carbocycles. The van der Waals surface area contributed by atoms with Crippen molar-refractivity contribution in [2.75, 3.05) is 53.1 Å². The Balaban J connectivity index is 1.70. The van der Waals surface area contributed by atoms with Crippen molar-refractivity contribution in [3.63, 3.8) is 0 Å². The highest BCUT2D eigenvalue weighted by molar-refractivity contribution is 6.46. The number of likely N-dealkylation sites (tertiary alicyclic amines) is 1. The summed E-state index contributed by atoms with van der Waals surface area (Å²) in [6, 6.07) is 9.97. The monoisotopic (exact) mass is 594 g/mol. The molecule has 0 spiro atoms. The summed E-state index contributed by atoms with van der Waals surface area (Å²) >= 11 is 0. The first-order chi connectivity index (χ1) is 20.7. The fourth-order valence-corrected chi connectivity index (χ4v) is 5.59. The summed E-state index contributed by atoms with van der Waals surface area (Å²) in [5, 5.41) is 11.6. The Labute approximate surface area is 255 Å². The van der Waals surface area contributed by atoms with Crippen molar-refractivity contribution in [3.05, 3.63) is 58.7 Å². The highest BCUT2D eigenvalue weighted by atomic mass is 16.5. The van der Waals surface area contributed by atoms with Crippen LogP contribution in [-0.2, 0) is 14.3 Å². The molecule has 0 bridgehead atoms. The van der Waals surface area contributed by atoms with Gasteiger partial charge in [0.1, 0.15) is 11.5 Å². The SMILES string of the molecule is CCCCCOc1ccc(C2C(=C(O)c3ccc(OC(C)C)c(C)c3)C(=O)C(=O)N2CCCN2CCOCC2)cc1OC. The minimum atomic E-state index is -0.778. The zero-order chi connectivity index (χ0) is 30.9. The molecule has 2 fully saturated rings.